The van der Waals surface area contributed by atoms with Crippen LogP contribution in [0.25, 0.3) is 5.65 Å². The molecule has 0 saturated carbocycles. The van der Waals surface area contributed by atoms with Crippen molar-refractivity contribution in [2.24, 2.45) is 0 Å². The van der Waals surface area contributed by atoms with E-state index in [0.717, 1.165) is 23.6 Å². The molecule has 114 valence electrons. The van der Waals surface area contributed by atoms with Crippen molar-refractivity contribution in [2.75, 3.05) is 0 Å². The highest BCUT2D eigenvalue weighted by molar-refractivity contribution is 7.98. The standard InChI is InChI=1S/C14H9ClF3N3S/c15-11-5-9(14(16,17)18)6-19-13(11)22-8-10-7-21-4-2-1-3-12(21)20-10/h1-7H,8H2. The van der Waals surface area contributed by atoms with Crippen LogP contribution in [0.2, 0.25) is 5.02 Å². The fraction of sp³-hybridized carbons (Fsp3) is 0.143. The van der Waals surface area contributed by atoms with Crippen LogP contribution in [0.1, 0.15) is 11.3 Å². The average molecular weight is 344 g/mol. The van der Waals surface area contributed by atoms with E-state index >= 15 is 0 Å². The van der Waals surface area contributed by atoms with Gasteiger partial charge in [-0.15, -0.1) is 0 Å². The molecule has 3 nitrogen and oxygen atoms in total. The van der Waals surface area contributed by atoms with Gasteiger partial charge in [0.1, 0.15) is 10.7 Å². The molecule has 0 amide bonds. The number of fused-ring (bicyclic) bond motifs is 1. The number of alkyl halides is 3. The minimum atomic E-state index is -4.44. The van der Waals surface area contributed by atoms with E-state index in [2.05, 4.69) is 9.97 Å². The lowest BCUT2D eigenvalue weighted by Crippen LogP contribution is -2.05. The molecule has 3 aromatic rings. The summed E-state index contributed by atoms with van der Waals surface area (Å²) < 4.78 is 39.5. The predicted octanol–water partition coefficient (Wildman–Crippen LogP) is 4.69. The van der Waals surface area contributed by atoms with E-state index in [1.54, 1.807) is 0 Å². The molecule has 0 aromatic carbocycles. The van der Waals surface area contributed by atoms with E-state index in [1.807, 2.05) is 35.0 Å². The van der Waals surface area contributed by atoms with Crippen molar-refractivity contribution >= 4 is 29.0 Å². The Morgan fingerprint density at radius 2 is 2.09 bits per heavy atom. The van der Waals surface area contributed by atoms with Crippen molar-refractivity contribution in [2.45, 2.75) is 17.0 Å². The molecule has 3 heterocycles. The largest absolute Gasteiger partial charge is 0.417 e. The minimum absolute atomic E-state index is 0.0106. The first-order valence-electron chi connectivity index (χ1n) is 6.21. The van der Waals surface area contributed by atoms with Crippen LogP contribution in [0.4, 0.5) is 13.2 Å². The third-order valence-corrected chi connectivity index (χ3v) is 4.34. The maximum Gasteiger partial charge on any atom is 0.417 e. The molecule has 0 bridgehead atoms. The summed E-state index contributed by atoms with van der Waals surface area (Å²) in [6, 6.07) is 6.53. The average Bonchev–Trinajstić information content (AvgIpc) is 2.87. The number of aromatic nitrogens is 3. The van der Waals surface area contributed by atoms with E-state index < -0.39 is 11.7 Å². The normalized spacial score (nSPS) is 12.0. The van der Waals surface area contributed by atoms with E-state index in [0.29, 0.717) is 10.8 Å². The highest BCUT2D eigenvalue weighted by Gasteiger charge is 2.31. The number of halogens is 4. The second kappa shape index (κ2) is 5.81. The summed E-state index contributed by atoms with van der Waals surface area (Å²) in [6.07, 6.45) is 0.0828. The Bertz CT molecular complexity index is 783. The zero-order chi connectivity index (χ0) is 15.7. The van der Waals surface area contributed by atoms with Crippen molar-refractivity contribution in [1.29, 1.82) is 0 Å². The van der Waals surface area contributed by atoms with E-state index in [-0.39, 0.29) is 5.02 Å². The quantitative estimate of drug-likeness (QED) is 0.646. The van der Waals surface area contributed by atoms with Crippen LogP contribution in [0.3, 0.4) is 0 Å². The summed E-state index contributed by atoms with van der Waals surface area (Å²) >= 11 is 7.12. The van der Waals surface area contributed by atoms with Gasteiger partial charge < -0.3 is 4.40 Å². The summed E-state index contributed by atoms with van der Waals surface area (Å²) in [5.74, 6) is 0.472. The highest BCUT2D eigenvalue weighted by atomic mass is 35.5. The molecule has 8 heteroatoms. The number of thioether (sulfide) groups is 1. The number of imidazole rings is 1. The number of hydrogen-bond donors (Lipinski definition) is 0. The molecule has 0 aliphatic heterocycles. The van der Waals surface area contributed by atoms with Gasteiger partial charge in [-0.2, -0.15) is 13.2 Å². The monoisotopic (exact) mass is 343 g/mol. The van der Waals surface area contributed by atoms with Crippen LogP contribution in [-0.4, -0.2) is 14.4 Å². The van der Waals surface area contributed by atoms with Gasteiger partial charge in [0, 0.05) is 24.3 Å². The van der Waals surface area contributed by atoms with Gasteiger partial charge in [0.25, 0.3) is 0 Å². The molecule has 0 spiro atoms. The Balaban J connectivity index is 1.76. The summed E-state index contributed by atoms with van der Waals surface area (Å²) in [4.78, 5) is 8.20. The lowest BCUT2D eigenvalue weighted by molar-refractivity contribution is -0.137. The number of hydrogen-bond acceptors (Lipinski definition) is 3. The lowest BCUT2D eigenvalue weighted by Gasteiger charge is -2.08. The van der Waals surface area contributed by atoms with Crippen LogP contribution in [0.5, 0.6) is 0 Å². The molecular formula is C14H9ClF3N3S. The summed E-state index contributed by atoms with van der Waals surface area (Å²) in [7, 11) is 0. The van der Waals surface area contributed by atoms with E-state index in [1.165, 1.54) is 11.8 Å². The van der Waals surface area contributed by atoms with Crippen molar-refractivity contribution in [1.82, 2.24) is 14.4 Å². The number of pyridine rings is 2. The van der Waals surface area contributed by atoms with Gasteiger partial charge in [-0.3, -0.25) is 0 Å². The summed E-state index contributed by atoms with van der Waals surface area (Å²) in [5.41, 5.74) is 0.758. The Hall–Kier alpha value is -1.73. The molecule has 0 radical (unpaired) electrons. The first kappa shape index (κ1) is 15.2. The smallest absolute Gasteiger partial charge is 0.307 e. The third kappa shape index (κ3) is 3.20. The lowest BCUT2D eigenvalue weighted by atomic mass is 10.3. The molecule has 0 N–H and O–H groups in total. The van der Waals surface area contributed by atoms with Gasteiger partial charge in [0.2, 0.25) is 0 Å². The van der Waals surface area contributed by atoms with Crippen molar-refractivity contribution in [3.05, 3.63) is 59.1 Å². The Kier molecular flexibility index (Phi) is 4.01. The second-order valence-electron chi connectivity index (χ2n) is 4.50. The van der Waals surface area contributed by atoms with E-state index in [9.17, 15) is 13.2 Å². The maximum atomic E-state index is 12.6. The zero-order valence-corrected chi connectivity index (χ0v) is 12.6. The highest BCUT2D eigenvalue weighted by Crippen LogP contribution is 2.34. The van der Waals surface area contributed by atoms with Gasteiger partial charge in [-0.25, -0.2) is 9.97 Å². The van der Waals surface area contributed by atoms with Gasteiger partial charge in [0.05, 0.1) is 16.3 Å². The van der Waals surface area contributed by atoms with Crippen LogP contribution in [-0.2, 0) is 11.9 Å². The molecule has 3 aromatic heterocycles. The molecule has 3 rings (SSSR count). The Morgan fingerprint density at radius 1 is 1.27 bits per heavy atom. The molecule has 0 atom stereocenters. The topological polar surface area (TPSA) is 30.2 Å². The zero-order valence-electron chi connectivity index (χ0n) is 11.0. The van der Waals surface area contributed by atoms with Crippen LogP contribution >= 0.6 is 23.4 Å². The first-order valence-corrected chi connectivity index (χ1v) is 7.58. The molecule has 0 aliphatic rings. The molecule has 22 heavy (non-hydrogen) atoms. The first-order chi connectivity index (χ1) is 10.4. The van der Waals surface area contributed by atoms with Crippen molar-refractivity contribution < 1.29 is 13.2 Å². The molecule has 0 aliphatic carbocycles. The van der Waals surface area contributed by atoms with Crippen molar-refractivity contribution in [3.8, 4) is 0 Å². The summed E-state index contributed by atoms with van der Waals surface area (Å²) in [6.45, 7) is 0. The SMILES string of the molecule is FC(F)(F)c1cnc(SCc2cn3ccccc3n2)c(Cl)c1. The van der Waals surface area contributed by atoms with Crippen LogP contribution in [0.15, 0.2) is 47.9 Å². The summed E-state index contributed by atoms with van der Waals surface area (Å²) in [5, 5.41) is 0.343. The molecule has 0 unspecified atom stereocenters. The molecular weight excluding hydrogens is 335 g/mol. The minimum Gasteiger partial charge on any atom is -0.307 e. The van der Waals surface area contributed by atoms with Gasteiger partial charge in [0.15, 0.2) is 0 Å². The third-order valence-electron chi connectivity index (χ3n) is 2.91. The van der Waals surface area contributed by atoms with Gasteiger partial charge >= 0.3 is 6.18 Å². The Labute approximate surface area is 133 Å². The van der Waals surface area contributed by atoms with Crippen LogP contribution in [0, 0.1) is 0 Å². The van der Waals surface area contributed by atoms with Gasteiger partial charge in [-0.1, -0.05) is 29.4 Å². The maximum absolute atomic E-state index is 12.6. The Morgan fingerprint density at radius 3 is 2.77 bits per heavy atom. The van der Waals surface area contributed by atoms with Crippen LogP contribution < -0.4 is 0 Å². The molecule has 0 fully saturated rings. The van der Waals surface area contributed by atoms with Crippen molar-refractivity contribution in [3.63, 3.8) is 0 Å². The number of rotatable bonds is 3. The molecule has 0 saturated heterocycles. The van der Waals surface area contributed by atoms with Gasteiger partial charge in [-0.05, 0) is 18.2 Å². The fourth-order valence-corrected chi connectivity index (χ4v) is 2.96. The predicted molar refractivity (Wildman–Crippen MR) is 79.0 cm³/mol. The second-order valence-corrected chi connectivity index (χ2v) is 5.87. The fourth-order valence-electron chi connectivity index (χ4n) is 1.89. The number of nitrogens with zero attached hydrogens (tertiary/aromatic N) is 3. The van der Waals surface area contributed by atoms with E-state index in [4.69, 9.17) is 11.6 Å².